The van der Waals surface area contributed by atoms with E-state index in [9.17, 15) is 5.11 Å². The molecule has 0 heterocycles. The summed E-state index contributed by atoms with van der Waals surface area (Å²) in [6, 6.07) is 0.292. The summed E-state index contributed by atoms with van der Waals surface area (Å²) in [6.07, 6.45) is 9.93. The van der Waals surface area contributed by atoms with Gasteiger partial charge in [-0.1, -0.05) is 32.1 Å². The van der Waals surface area contributed by atoms with E-state index in [-0.39, 0.29) is 6.10 Å². The Morgan fingerprint density at radius 1 is 1.33 bits per heavy atom. The predicted octanol–water partition coefficient (Wildman–Crippen LogP) is 2.27. The topological polar surface area (TPSA) is 32.3 Å². The molecule has 0 aromatic rings. The molecule has 1 rings (SSSR count). The first kappa shape index (κ1) is 13.3. The van der Waals surface area contributed by atoms with Gasteiger partial charge in [-0.3, -0.25) is 0 Å². The molecular formula is C12H25NOS. The van der Waals surface area contributed by atoms with E-state index in [2.05, 4.69) is 11.6 Å². The first-order valence-corrected chi connectivity index (χ1v) is 7.51. The number of hydrogen-bond donors (Lipinski definition) is 2. The summed E-state index contributed by atoms with van der Waals surface area (Å²) < 4.78 is 0. The molecule has 1 aliphatic carbocycles. The fourth-order valence-corrected chi connectivity index (χ4v) is 3.11. The van der Waals surface area contributed by atoms with Crippen LogP contribution in [0, 0.1) is 5.92 Å². The van der Waals surface area contributed by atoms with Gasteiger partial charge in [-0.2, -0.15) is 11.8 Å². The molecule has 0 unspecified atom stereocenters. The van der Waals surface area contributed by atoms with Crippen molar-refractivity contribution in [3.63, 3.8) is 0 Å². The van der Waals surface area contributed by atoms with Crippen molar-refractivity contribution in [2.24, 2.45) is 5.92 Å². The molecule has 3 heteroatoms. The van der Waals surface area contributed by atoms with E-state index in [0.717, 1.165) is 18.1 Å². The largest absolute Gasteiger partial charge is 0.391 e. The Bertz CT molecular complexity index is 160. The fourth-order valence-electron chi connectivity index (χ4n) is 2.54. The highest BCUT2D eigenvalue weighted by Crippen LogP contribution is 2.28. The van der Waals surface area contributed by atoms with Gasteiger partial charge in [0.1, 0.15) is 0 Å². The van der Waals surface area contributed by atoms with Gasteiger partial charge in [-0.15, -0.1) is 0 Å². The maximum absolute atomic E-state index is 9.96. The molecule has 1 fully saturated rings. The van der Waals surface area contributed by atoms with Gasteiger partial charge in [-0.05, 0) is 25.6 Å². The molecule has 0 aliphatic heterocycles. The van der Waals surface area contributed by atoms with Crippen LogP contribution in [0.5, 0.6) is 0 Å². The zero-order valence-corrected chi connectivity index (χ0v) is 10.9. The zero-order valence-electron chi connectivity index (χ0n) is 10.0. The quantitative estimate of drug-likeness (QED) is 0.735. The smallest absolute Gasteiger partial charge is 0.0783 e. The first-order valence-electron chi connectivity index (χ1n) is 6.12. The van der Waals surface area contributed by atoms with E-state index in [0.29, 0.717) is 6.04 Å². The van der Waals surface area contributed by atoms with Gasteiger partial charge in [-0.25, -0.2) is 0 Å². The second-order valence-corrected chi connectivity index (χ2v) is 5.57. The Morgan fingerprint density at radius 3 is 2.53 bits per heavy atom. The molecule has 0 amide bonds. The maximum atomic E-state index is 9.96. The normalized spacial score (nSPS) is 22.6. The average Bonchev–Trinajstić information content (AvgIpc) is 2.27. The van der Waals surface area contributed by atoms with Crippen LogP contribution in [0.3, 0.4) is 0 Å². The van der Waals surface area contributed by atoms with Crippen molar-refractivity contribution in [3.05, 3.63) is 0 Å². The third kappa shape index (κ3) is 4.75. The lowest BCUT2D eigenvalue weighted by Crippen LogP contribution is -2.40. The Kier molecular flexibility index (Phi) is 6.69. The molecule has 1 aliphatic rings. The van der Waals surface area contributed by atoms with Crippen molar-refractivity contribution in [2.75, 3.05) is 19.1 Å². The van der Waals surface area contributed by atoms with Crippen molar-refractivity contribution >= 4 is 11.8 Å². The summed E-state index contributed by atoms with van der Waals surface area (Å²) in [4.78, 5) is 0. The minimum absolute atomic E-state index is 0.188. The monoisotopic (exact) mass is 231 g/mol. The fraction of sp³-hybridized carbons (Fsp3) is 1.00. The van der Waals surface area contributed by atoms with Gasteiger partial charge in [0.25, 0.3) is 0 Å². The van der Waals surface area contributed by atoms with Gasteiger partial charge in [0.2, 0.25) is 0 Å². The lowest BCUT2D eigenvalue weighted by Gasteiger charge is -2.29. The summed E-state index contributed by atoms with van der Waals surface area (Å²) in [5.74, 6) is 1.69. The van der Waals surface area contributed by atoms with E-state index in [1.54, 1.807) is 11.8 Å². The molecule has 2 N–H and O–H groups in total. The van der Waals surface area contributed by atoms with Crippen LogP contribution in [-0.4, -0.2) is 36.3 Å². The van der Waals surface area contributed by atoms with Crippen LogP contribution in [0.4, 0.5) is 0 Å². The second-order valence-electron chi connectivity index (χ2n) is 4.66. The number of nitrogens with one attached hydrogen (secondary N) is 1. The Hall–Kier alpha value is 0.270. The summed E-state index contributed by atoms with van der Waals surface area (Å²) in [7, 11) is 1.97. The predicted molar refractivity (Wildman–Crippen MR) is 68.4 cm³/mol. The number of rotatable bonds is 6. The van der Waals surface area contributed by atoms with E-state index >= 15 is 0 Å². The Labute approximate surface area is 98.2 Å². The molecule has 0 bridgehead atoms. The van der Waals surface area contributed by atoms with Gasteiger partial charge in [0, 0.05) is 11.8 Å². The number of aliphatic hydroxyl groups excluding tert-OH is 1. The molecular weight excluding hydrogens is 206 g/mol. The summed E-state index contributed by atoms with van der Waals surface area (Å²) in [6.45, 7) is 0. The molecule has 15 heavy (non-hydrogen) atoms. The molecule has 0 radical (unpaired) electrons. The van der Waals surface area contributed by atoms with E-state index in [4.69, 9.17) is 0 Å². The standard InChI is InChI=1S/C12H25NOS/c1-13-11(12(14)9-15-2)8-10-6-4-3-5-7-10/h10-14H,3-9H2,1-2H3/t11-,12-/m0/s1. The highest BCUT2D eigenvalue weighted by atomic mass is 32.2. The summed E-state index contributed by atoms with van der Waals surface area (Å²) in [5.41, 5.74) is 0. The minimum atomic E-state index is -0.188. The number of likely N-dealkylation sites (N-methyl/N-ethyl adjacent to an activating group) is 1. The minimum Gasteiger partial charge on any atom is -0.391 e. The lowest BCUT2D eigenvalue weighted by molar-refractivity contribution is 0.132. The van der Waals surface area contributed by atoms with Crippen LogP contribution < -0.4 is 5.32 Å². The lowest BCUT2D eigenvalue weighted by atomic mass is 9.84. The van der Waals surface area contributed by atoms with Crippen LogP contribution >= 0.6 is 11.8 Å². The van der Waals surface area contributed by atoms with Crippen molar-refractivity contribution in [2.45, 2.75) is 50.7 Å². The average molecular weight is 231 g/mol. The highest BCUT2D eigenvalue weighted by molar-refractivity contribution is 7.98. The molecule has 0 aromatic carbocycles. The van der Waals surface area contributed by atoms with Crippen molar-refractivity contribution in [1.82, 2.24) is 5.32 Å². The first-order chi connectivity index (χ1) is 7.27. The Morgan fingerprint density at radius 2 is 2.00 bits per heavy atom. The van der Waals surface area contributed by atoms with Crippen LogP contribution in [0.15, 0.2) is 0 Å². The second kappa shape index (κ2) is 7.53. The highest BCUT2D eigenvalue weighted by Gasteiger charge is 2.22. The van der Waals surface area contributed by atoms with Crippen molar-refractivity contribution in [1.29, 1.82) is 0 Å². The molecule has 0 saturated heterocycles. The molecule has 0 spiro atoms. The van der Waals surface area contributed by atoms with Crippen molar-refractivity contribution < 1.29 is 5.11 Å². The van der Waals surface area contributed by atoms with Gasteiger partial charge in [0.05, 0.1) is 6.10 Å². The van der Waals surface area contributed by atoms with E-state index in [1.165, 1.54) is 32.1 Å². The van der Waals surface area contributed by atoms with Crippen LogP contribution in [0.25, 0.3) is 0 Å². The van der Waals surface area contributed by atoms with Crippen molar-refractivity contribution in [3.8, 4) is 0 Å². The third-order valence-corrected chi connectivity index (χ3v) is 4.16. The number of hydrogen-bond acceptors (Lipinski definition) is 3. The van der Waals surface area contributed by atoms with Crippen LogP contribution in [0.1, 0.15) is 38.5 Å². The molecule has 90 valence electrons. The number of thioether (sulfide) groups is 1. The Balaban J connectivity index is 2.30. The van der Waals surface area contributed by atoms with Crippen LogP contribution in [0.2, 0.25) is 0 Å². The SMILES string of the molecule is CN[C@@H](CC1CCCCC1)[C@@H](O)CSC. The van der Waals surface area contributed by atoms with E-state index in [1.807, 2.05) is 7.05 Å². The maximum Gasteiger partial charge on any atom is 0.0783 e. The summed E-state index contributed by atoms with van der Waals surface area (Å²) in [5, 5.41) is 13.2. The number of aliphatic hydroxyl groups is 1. The summed E-state index contributed by atoms with van der Waals surface area (Å²) >= 11 is 1.73. The van der Waals surface area contributed by atoms with Gasteiger partial charge < -0.3 is 10.4 Å². The molecule has 0 aromatic heterocycles. The van der Waals surface area contributed by atoms with Gasteiger partial charge in [0.15, 0.2) is 0 Å². The van der Waals surface area contributed by atoms with Crippen LogP contribution in [-0.2, 0) is 0 Å². The third-order valence-electron chi connectivity index (χ3n) is 3.48. The molecule has 1 saturated carbocycles. The molecule has 2 nitrogen and oxygen atoms in total. The molecule has 2 atom stereocenters. The van der Waals surface area contributed by atoms with E-state index < -0.39 is 0 Å². The van der Waals surface area contributed by atoms with Gasteiger partial charge >= 0.3 is 0 Å². The zero-order chi connectivity index (χ0) is 11.1.